The van der Waals surface area contributed by atoms with Crippen LogP contribution in [0.5, 0.6) is 0 Å². The molecule has 0 saturated carbocycles. The monoisotopic (exact) mass is 404 g/mol. The molecule has 3 nitrogen and oxygen atoms in total. The quantitative estimate of drug-likeness (QED) is 0.578. The van der Waals surface area contributed by atoms with E-state index in [2.05, 4.69) is 32.6 Å². The van der Waals surface area contributed by atoms with Gasteiger partial charge in [0.1, 0.15) is 0 Å². The smallest absolute Gasteiger partial charge is 0.236 e. The van der Waals surface area contributed by atoms with Crippen LogP contribution < -0.4 is 10.6 Å². The van der Waals surface area contributed by atoms with E-state index in [0.29, 0.717) is 6.54 Å². The summed E-state index contributed by atoms with van der Waals surface area (Å²) in [6.07, 6.45) is 3.18. The lowest BCUT2D eigenvalue weighted by molar-refractivity contribution is -0.122. The van der Waals surface area contributed by atoms with E-state index in [1.54, 1.807) is 11.8 Å². The molecule has 0 aromatic heterocycles. The predicted octanol–water partition coefficient (Wildman–Crippen LogP) is 3.78. The molecule has 0 spiro atoms. The van der Waals surface area contributed by atoms with Crippen molar-refractivity contribution in [2.75, 3.05) is 19.6 Å². The van der Waals surface area contributed by atoms with Crippen LogP contribution in [0, 0.1) is 0 Å². The molecule has 0 radical (unpaired) electrons. The third-order valence-electron chi connectivity index (χ3n) is 3.37. The molecule has 6 heteroatoms. The van der Waals surface area contributed by atoms with Crippen molar-refractivity contribution in [3.05, 3.63) is 40.4 Å². The van der Waals surface area contributed by atoms with Gasteiger partial charge in [-0.05, 0) is 51.1 Å². The molecule has 1 aliphatic rings. The Bertz CT molecular complexity index is 531. The SMILES string of the molecule is CC(C)(Sc1ccc(Br)cc1)C(=O)NCC1=CCNCC1.Cl. The van der Waals surface area contributed by atoms with Crippen molar-refractivity contribution in [3.8, 4) is 0 Å². The van der Waals surface area contributed by atoms with Gasteiger partial charge in [0, 0.05) is 22.5 Å². The van der Waals surface area contributed by atoms with E-state index in [9.17, 15) is 4.79 Å². The first kappa shape index (κ1) is 19.6. The molecule has 1 aromatic carbocycles. The number of amides is 1. The van der Waals surface area contributed by atoms with Gasteiger partial charge in [0.2, 0.25) is 5.91 Å². The van der Waals surface area contributed by atoms with E-state index in [1.807, 2.05) is 38.1 Å². The summed E-state index contributed by atoms with van der Waals surface area (Å²) >= 11 is 5.01. The Morgan fingerprint density at radius 2 is 2.05 bits per heavy atom. The first-order valence-electron chi connectivity index (χ1n) is 7.09. The maximum absolute atomic E-state index is 12.4. The Kier molecular flexibility index (Phi) is 7.97. The Balaban J connectivity index is 0.00000242. The number of halogens is 2. The summed E-state index contributed by atoms with van der Waals surface area (Å²) < 4.78 is 0.563. The van der Waals surface area contributed by atoms with E-state index >= 15 is 0 Å². The Morgan fingerprint density at radius 1 is 1.36 bits per heavy atom. The second-order valence-electron chi connectivity index (χ2n) is 5.57. The Hall–Kier alpha value is -0.490. The van der Waals surface area contributed by atoms with Gasteiger partial charge in [-0.3, -0.25) is 4.79 Å². The third-order valence-corrected chi connectivity index (χ3v) is 5.10. The van der Waals surface area contributed by atoms with Gasteiger partial charge in [-0.1, -0.05) is 27.6 Å². The zero-order valence-corrected chi connectivity index (χ0v) is 16.0. The second-order valence-corrected chi connectivity index (χ2v) is 8.18. The molecule has 1 amide bonds. The van der Waals surface area contributed by atoms with Crippen LogP contribution in [-0.4, -0.2) is 30.3 Å². The fourth-order valence-corrected chi connectivity index (χ4v) is 3.37. The van der Waals surface area contributed by atoms with Crippen molar-refractivity contribution < 1.29 is 4.79 Å². The van der Waals surface area contributed by atoms with Crippen LogP contribution in [0.1, 0.15) is 20.3 Å². The molecule has 0 fully saturated rings. The summed E-state index contributed by atoms with van der Waals surface area (Å²) in [7, 11) is 0. The molecule has 0 aliphatic carbocycles. The van der Waals surface area contributed by atoms with Gasteiger partial charge in [-0.25, -0.2) is 0 Å². The van der Waals surface area contributed by atoms with Crippen molar-refractivity contribution in [1.82, 2.24) is 10.6 Å². The molecular weight excluding hydrogens is 384 g/mol. The van der Waals surface area contributed by atoms with Crippen molar-refractivity contribution in [2.24, 2.45) is 0 Å². The molecule has 2 N–H and O–H groups in total. The number of thioether (sulfide) groups is 1. The molecule has 122 valence electrons. The summed E-state index contributed by atoms with van der Waals surface area (Å²) in [5, 5.41) is 6.33. The van der Waals surface area contributed by atoms with E-state index in [0.717, 1.165) is 28.9 Å². The number of nitrogens with one attached hydrogen (secondary N) is 2. The first-order chi connectivity index (χ1) is 9.97. The van der Waals surface area contributed by atoms with E-state index in [4.69, 9.17) is 0 Å². The average Bonchev–Trinajstić information content (AvgIpc) is 2.48. The lowest BCUT2D eigenvalue weighted by Crippen LogP contribution is -2.41. The Morgan fingerprint density at radius 3 is 2.64 bits per heavy atom. The van der Waals surface area contributed by atoms with Gasteiger partial charge in [-0.2, -0.15) is 0 Å². The average molecular weight is 406 g/mol. The molecule has 0 bridgehead atoms. The van der Waals surface area contributed by atoms with Gasteiger partial charge >= 0.3 is 0 Å². The lowest BCUT2D eigenvalue weighted by atomic mass is 10.1. The molecular formula is C16H22BrClN2OS. The summed E-state index contributed by atoms with van der Waals surface area (Å²) in [5.41, 5.74) is 1.31. The molecule has 0 unspecified atom stereocenters. The molecule has 1 aliphatic heterocycles. The summed E-state index contributed by atoms with van der Waals surface area (Å²) in [4.78, 5) is 13.5. The third kappa shape index (κ3) is 5.95. The fraction of sp³-hybridized carbons (Fsp3) is 0.438. The Labute approximate surface area is 151 Å². The van der Waals surface area contributed by atoms with Crippen LogP contribution in [0.2, 0.25) is 0 Å². The standard InChI is InChI=1S/C16H21BrN2OS.ClH/c1-16(2,21-14-5-3-13(17)4-6-14)15(20)19-11-12-7-9-18-10-8-12;/h3-7,18H,8-11H2,1-2H3,(H,19,20);1H. The van der Waals surface area contributed by atoms with Crippen LogP contribution in [-0.2, 0) is 4.79 Å². The number of carbonyl (C=O) groups excluding carboxylic acids is 1. The minimum atomic E-state index is -0.485. The highest BCUT2D eigenvalue weighted by Gasteiger charge is 2.28. The van der Waals surface area contributed by atoms with Crippen LogP contribution in [0.4, 0.5) is 0 Å². The summed E-state index contributed by atoms with van der Waals surface area (Å²) in [6.45, 7) is 6.49. The van der Waals surface area contributed by atoms with Crippen LogP contribution in [0.3, 0.4) is 0 Å². The van der Waals surface area contributed by atoms with E-state index in [-0.39, 0.29) is 18.3 Å². The molecule has 22 heavy (non-hydrogen) atoms. The van der Waals surface area contributed by atoms with E-state index < -0.39 is 4.75 Å². The highest BCUT2D eigenvalue weighted by molar-refractivity contribution is 9.10. The number of hydrogen-bond donors (Lipinski definition) is 2. The van der Waals surface area contributed by atoms with Gasteiger partial charge in [0.15, 0.2) is 0 Å². The van der Waals surface area contributed by atoms with Crippen LogP contribution >= 0.6 is 40.1 Å². The predicted molar refractivity (Wildman–Crippen MR) is 99.9 cm³/mol. The minimum Gasteiger partial charge on any atom is -0.351 e. The maximum Gasteiger partial charge on any atom is 0.236 e. The minimum absolute atomic E-state index is 0. The first-order valence-corrected chi connectivity index (χ1v) is 8.70. The van der Waals surface area contributed by atoms with Crippen molar-refractivity contribution in [2.45, 2.75) is 29.9 Å². The van der Waals surface area contributed by atoms with Gasteiger partial charge in [0.25, 0.3) is 0 Å². The maximum atomic E-state index is 12.4. The van der Waals surface area contributed by atoms with E-state index in [1.165, 1.54) is 5.57 Å². The fourth-order valence-electron chi connectivity index (χ4n) is 2.08. The summed E-state index contributed by atoms with van der Waals surface area (Å²) in [6, 6.07) is 8.05. The normalized spacial score (nSPS) is 14.8. The molecule has 1 aromatic rings. The van der Waals surface area contributed by atoms with Crippen molar-refractivity contribution in [1.29, 1.82) is 0 Å². The van der Waals surface area contributed by atoms with Crippen molar-refractivity contribution >= 4 is 46.0 Å². The van der Waals surface area contributed by atoms with Crippen LogP contribution in [0.15, 0.2) is 45.3 Å². The lowest BCUT2D eigenvalue weighted by Gasteiger charge is -2.24. The molecule has 0 saturated heterocycles. The van der Waals surface area contributed by atoms with Gasteiger partial charge < -0.3 is 10.6 Å². The van der Waals surface area contributed by atoms with Gasteiger partial charge in [0.05, 0.1) is 4.75 Å². The number of benzene rings is 1. The highest BCUT2D eigenvalue weighted by atomic mass is 79.9. The van der Waals surface area contributed by atoms with Crippen molar-refractivity contribution in [3.63, 3.8) is 0 Å². The molecule has 0 atom stereocenters. The number of rotatable bonds is 5. The van der Waals surface area contributed by atoms with Crippen LogP contribution in [0.25, 0.3) is 0 Å². The zero-order valence-electron chi connectivity index (χ0n) is 12.8. The molecule has 2 rings (SSSR count). The largest absolute Gasteiger partial charge is 0.351 e. The number of carbonyl (C=O) groups is 1. The zero-order chi connectivity index (χ0) is 15.3. The van der Waals surface area contributed by atoms with Gasteiger partial charge in [-0.15, -0.1) is 24.2 Å². The summed E-state index contributed by atoms with van der Waals surface area (Å²) in [5.74, 6) is 0.0786. The molecule has 1 heterocycles. The number of hydrogen-bond acceptors (Lipinski definition) is 3. The second kappa shape index (κ2) is 8.96. The topological polar surface area (TPSA) is 41.1 Å². The highest BCUT2D eigenvalue weighted by Crippen LogP contribution is 2.33.